The second-order valence-corrected chi connectivity index (χ2v) is 4.39. The van der Waals surface area contributed by atoms with Crippen LogP contribution in [0.5, 0.6) is 0 Å². The van der Waals surface area contributed by atoms with Crippen LogP contribution in [-0.4, -0.2) is 14.4 Å². The molecule has 0 aromatic heterocycles. The summed E-state index contributed by atoms with van der Waals surface area (Å²) in [4.78, 5) is 31.7. The van der Waals surface area contributed by atoms with Gasteiger partial charge < -0.3 is 0 Å². The molecule has 81 valence electrons. The van der Waals surface area contributed by atoms with E-state index in [1.807, 2.05) is 0 Å². The van der Waals surface area contributed by atoms with Gasteiger partial charge in [-0.25, -0.2) is 0 Å². The van der Waals surface area contributed by atoms with Crippen LogP contribution in [-0.2, 0) is 27.0 Å². The molecule has 0 saturated carbocycles. The SMILES string of the molecule is CCC1=C(C)CC=C1.O=[C]=[Mn](=[C]=O)=[C]=O. The summed E-state index contributed by atoms with van der Waals surface area (Å²) < 4.78 is 0. The van der Waals surface area contributed by atoms with Gasteiger partial charge in [0, 0.05) is 0 Å². The molecule has 0 amide bonds. The van der Waals surface area contributed by atoms with Gasteiger partial charge >= 0.3 is 41.3 Å². The molecular weight excluding hydrogens is 235 g/mol. The maximum absolute atomic E-state index is 9.36. The molecule has 0 aromatic carbocycles. The first-order chi connectivity index (χ1) is 7.19. The predicted octanol–water partition coefficient (Wildman–Crippen LogP) is 1.48. The van der Waals surface area contributed by atoms with E-state index in [2.05, 4.69) is 26.0 Å². The molecule has 0 unspecified atom stereocenters. The van der Waals surface area contributed by atoms with Crippen molar-refractivity contribution in [1.29, 1.82) is 0 Å². The third kappa shape index (κ3) is 5.24. The molecule has 4 heteroatoms. The Hall–Kier alpha value is -1.26. The summed E-state index contributed by atoms with van der Waals surface area (Å²) in [6, 6.07) is 0. The van der Waals surface area contributed by atoms with Gasteiger partial charge in [-0.3, -0.25) is 0 Å². The van der Waals surface area contributed by atoms with Crippen LogP contribution in [0.3, 0.4) is 0 Å². The zero-order valence-corrected chi connectivity index (χ0v) is 9.85. The summed E-state index contributed by atoms with van der Waals surface area (Å²) in [6.45, 7) is 4.41. The molecule has 0 heterocycles. The topological polar surface area (TPSA) is 51.2 Å². The molecule has 15 heavy (non-hydrogen) atoms. The van der Waals surface area contributed by atoms with Crippen molar-refractivity contribution in [1.82, 2.24) is 0 Å². The third-order valence-electron chi connectivity index (χ3n) is 1.90. The molecule has 0 saturated heterocycles. The first-order valence-corrected chi connectivity index (χ1v) is 6.14. The van der Waals surface area contributed by atoms with Crippen LogP contribution < -0.4 is 0 Å². The molecule has 0 aromatic rings. The van der Waals surface area contributed by atoms with Crippen LogP contribution in [0.1, 0.15) is 26.7 Å². The fraction of sp³-hybridized carbons (Fsp3) is 0.364. The molecule has 1 rings (SSSR count). The Morgan fingerprint density at radius 1 is 1.27 bits per heavy atom. The van der Waals surface area contributed by atoms with Crippen molar-refractivity contribution in [2.75, 3.05) is 0 Å². The van der Waals surface area contributed by atoms with Crippen LogP contribution in [0.2, 0.25) is 0 Å². The van der Waals surface area contributed by atoms with E-state index in [4.69, 9.17) is 0 Å². The molecule has 0 aliphatic heterocycles. The van der Waals surface area contributed by atoms with E-state index >= 15 is 0 Å². The zero-order chi connectivity index (χ0) is 11.7. The Morgan fingerprint density at radius 3 is 1.93 bits per heavy atom. The van der Waals surface area contributed by atoms with E-state index in [1.54, 1.807) is 5.57 Å². The second-order valence-electron chi connectivity index (χ2n) is 2.78. The molecule has 1 aliphatic carbocycles. The van der Waals surface area contributed by atoms with Gasteiger partial charge in [0.15, 0.2) is 0 Å². The molecular formula is C11H12MnO3. The number of allylic oxidation sites excluding steroid dienone is 4. The van der Waals surface area contributed by atoms with Gasteiger partial charge in [-0.1, -0.05) is 24.6 Å². The van der Waals surface area contributed by atoms with Crippen molar-refractivity contribution in [3.8, 4) is 0 Å². The average Bonchev–Trinajstić information content (AvgIpc) is 2.67. The van der Waals surface area contributed by atoms with Crippen molar-refractivity contribution >= 4 is 14.4 Å². The fourth-order valence-corrected chi connectivity index (χ4v) is 1.27. The molecule has 1 aliphatic rings. The Labute approximate surface area is 91.6 Å². The van der Waals surface area contributed by atoms with Gasteiger partial charge in [-0.05, 0) is 25.3 Å². The molecule has 0 bridgehead atoms. The van der Waals surface area contributed by atoms with Crippen LogP contribution in [0.4, 0.5) is 0 Å². The van der Waals surface area contributed by atoms with E-state index in [0.717, 1.165) is 0 Å². The molecule has 3 nitrogen and oxygen atoms in total. The van der Waals surface area contributed by atoms with E-state index in [9.17, 15) is 14.4 Å². The zero-order valence-electron chi connectivity index (χ0n) is 8.67. The quantitative estimate of drug-likeness (QED) is 0.659. The molecule has 0 fully saturated rings. The third-order valence-corrected chi connectivity index (χ3v) is 2.63. The number of hydrogen-bond acceptors (Lipinski definition) is 3. The van der Waals surface area contributed by atoms with Crippen LogP contribution in [0.25, 0.3) is 0 Å². The van der Waals surface area contributed by atoms with Gasteiger partial charge in [0.2, 0.25) is 0 Å². The number of rotatable bonds is 1. The Balaban J connectivity index is 0.000000265. The van der Waals surface area contributed by atoms with Gasteiger partial charge in [0.05, 0.1) is 0 Å². The first kappa shape index (κ1) is 13.7. The van der Waals surface area contributed by atoms with Gasteiger partial charge in [0.25, 0.3) is 0 Å². The van der Waals surface area contributed by atoms with Crippen LogP contribution in [0, 0.1) is 0 Å². The van der Waals surface area contributed by atoms with Crippen molar-refractivity contribution in [2.45, 2.75) is 26.7 Å². The minimum absolute atomic E-state index is 1.18. The first-order valence-electron chi connectivity index (χ1n) is 4.37. The molecule has 0 radical (unpaired) electrons. The number of hydrogen-bond donors (Lipinski definition) is 0. The Kier molecular flexibility index (Phi) is 7.40. The number of carbonyl (C=O) groups excluding carboxylic acids is 3. The van der Waals surface area contributed by atoms with Crippen molar-refractivity contribution in [2.24, 2.45) is 0 Å². The molecule has 0 spiro atoms. The fourth-order valence-electron chi connectivity index (χ4n) is 1.12. The van der Waals surface area contributed by atoms with Crippen LogP contribution >= 0.6 is 0 Å². The normalized spacial score (nSPS) is 12.1. The van der Waals surface area contributed by atoms with E-state index in [1.165, 1.54) is 32.8 Å². The Bertz CT molecular complexity index is 444. The monoisotopic (exact) mass is 247 g/mol. The standard InChI is InChI=1S/C8H12.3CO.Mn/c1-3-8-6-4-5-7(8)2;3*1-2;/h4,6H,3,5H2,1-2H3;;;;. The van der Waals surface area contributed by atoms with E-state index < -0.39 is 12.6 Å². The van der Waals surface area contributed by atoms with Crippen molar-refractivity contribution in [3.63, 3.8) is 0 Å². The van der Waals surface area contributed by atoms with Gasteiger partial charge in [-0.15, -0.1) is 0 Å². The average molecular weight is 247 g/mol. The predicted molar refractivity (Wildman–Crippen MR) is 53.8 cm³/mol. The molecule has 0 atom stereocenters. The van der Waals surface area contributed by atoms with E-state index in [-0.39, 0.29) is 0 Å². The molecule has 0 N–H and O–H groups in total. The van der Waals surface area contributed by atoms with Crippen molar-refractivity contribution in [3.05, 3.63) is 23.3 Å². The van der Waals surface area contributed by atoms with Gasteiger partial charge in [0.1, 0.15) is 0 Å². The van der Waals surface area contributed by atoms with E-state index in [0.29, 0.717) is 0 Å². The summed E-state index contributed by atoms with van der Waals surface area (Å²) in [5, 5.41) is 0. The summed E-state index contributed by atoms with van der Waals surface area (Å²) in [7, 11) is 0. The van der Waals surface area contributed by atoms with Gasteiger partial charge in [-0.2, -0.15) is 0 Å². The summed E-state index contributed by atoms with van der Waals surface area (Å²) in [5.41, 5.74) is 3.08. The Morgan fingerprint density at radius 2 is 1.80 bits per heavy atom. The second kappa shape index (κ2) is 8.08. The summed E-state index contributed by atoms with van der Waals surface area (Å²) >= 11 is -2.30. The minimum atomic E-state index is -2.30. The summed E-state index contributed by atoms with van der Waals surface area (Å²) in [5.74, 6) is 0. The summed E-state index contributed by atoms with van der Waals surface area (Å²) in [6.07, 6.45) is 6.84. The van der Waals surface area contributed by atoms with Crippen molar-refractivity contribution < 1.29 is 27.0 Å². The van der Waals surface area contributed by atoms with Crippen LogP contribution in [0.15, 0.2) is 23.3 Å². The maximum atomic E-state index is 9.36.